The molecule has 1 aromatic carbocycles. The molecule has 0 aliphatic heterocycles. The van der Waals surface area contributed by atoms with Gasteiger partial charge in [-0.25, -0.2) is 0 Å². The van der Waals surface area contributed by atoms with Crippen molar-refractivity contribution >= 4 is 12.1 Å². The molecule has 2 rings (SSSR count). The van der Waals surface area contributed by atoms with Crippen LogP contribution in [0.5, 0.6) is 0 Å². The van der Waals surface area contributed by atoms with Crippen LogP contribution in [0.4, 0.5) is 0 Å². The van der Waals surface area contributed by atoms with E-state index in [-0.39, 0.29) is 5.69 Å². The third-order valence-electron chi connectivity index (χ3n) is 2.46. The first-order valence-electron chi connectivity index (χ1n) is 5.54. The van der Waals surface area contributed by atoms with Crippen molar-refractivity contribution < 1.29 is 5.11 Å². The van der Waals surface area contributed by atoms with E-state index in [4.69, 9.17) is 0 Å². The lowest BCUT2D eigenvalue weighted by molar-refractivity contribution is -0.213. The highest BCUT2D eigenvalue weighted by Crippen LogP contribution is 2.00. The fourth-order valence-corrected chi connectivity index (χ4v) is 1.39. The van der Waals surface area contributed by atoms with Crippen molar-refractivity contribution in [1.82, 2.24) is 15.1 Å². The van der Waals surface area contributed by atoms with E-state index in [1.807, 2.05) is 31.2 Å². The SMILES string of the molecule is CN=C([O-])c1n[nH]n(/N=C/c2ccc(C)cc2)c1=O. The van der Waals surface area contributed by atoms with Crippen molar-refractivity contribution in [2.45, 2.75) is 6.92 Å². The highest BCUT2D eigenvalue weighted by Gasteiger charge is 2.06. The highest BCUT2D eigenvalue weighted by molar-refractivity contribution is 5.87. The number of H-pyrrole nitrogens is 1. The summed E-state index contributed by atoms with van der Waals surface area (Å²) in [6, 6.07) is 7.60. The maximum Gasteiger partial charge on any atom is 0.316 e. The molecule has 1 aromatic heterocycles. The first-order valence-corrected chi connectivity index (χ1v) is 5.54. The van der Waals surface area contributed by atoms with E-state index in [1.54, 1.807) is 0 Å². The maximum atomic E-state index is 11.7. The van der Waals surface area contributed by atoms with Gasteiger partial charge in [0.25, 0.3) is 0 Å². The fraction of sp³-hybridized carbons (Fsp3) is 0.167. The van der Waals surface area contributed by atoms with E-state index in [9.17, 15) is 9.90 Å². The van der Waals surface area contributed by atoms with Crippen LogP contribution in [0.1, 0.15) is 16.8 Å². The average Bonchev–Trinajstić information content (AvgIpc) is 2.79. The molecular formula is C12H12N5O2-. The van der Waals surface area contributed by atoms with Gasteiger partial charge in [-0.2, -0.15) is 15.4 Å². The first-order chi connectivity index (χ1) is 9.11. The van der Waals surface area contributed by atoms with E-state index in [1.165, 1.54) is 13.3 Å². The van der Waals surface area contributed by atoms with E-state index in [2.05, 4.69) is 20.4 Å². The first kappa shape index (κ1) is 12.7. The summed E-state index contributed by atoms with van der Waals surface area (Å²) in [4.78, 5) is 16.0. The molecule has 0 atom stereocenters. The molecule has 0 radical (unpaired) electrons. The summed E-state index contributed by atoms with van der Waals surface area (Å²) < 4.78 is 0. The lowest BCUT2D eigenvalue weighted by atomic mass is 10.2. The van der Waals surface area contributed by atoms with Crippen molar-refractivity contribution in [3.8, 4) is 0 Å². The lowest BCUT2D eigenvalue weighted by Crippen LogP contribution is -2.27. The van der Waals surface area contributed by atoms with E-state index < -0.39 is 11.5 Å². The molecule has 0 unspecified atom stereocenters. The molecule has 1 heterocycles. The molecule has 0 aliphatic carbocycles. The third kappa shape index (κ3) is 2.76. The summed E-state index contributed by atoms with van der Waals surface area (Å²) in [6.45, 7) is 1.98. The second-order valence-corrected chi connectivity index (χ2v) is 3.86. The Balaban J connectivity index is 2.27. The molecule has 0 amide bonds. The van der Waals surface area contributed by atoms with Crippen LogP contribution >= 0.6 is 0 Å². The van der Waals surface area contributed by atoms with E-state index >= 15 is 0 Å². The molecule has 0 saturated heterocycles. The summed E-state index contributed by atoms with van der Waals surface area (Å²) in [7, 11) is 1.30. The van der Waals surface area contributed by atoms with Gasteiger partial charge in [0, 0.05) is 12.9 Å². The number of aromatic amines is 1. The maximum absolute atomic E-state index is 11.7. The standard InChI is InChI=1S/C12H13N5O2/c1-8-3-5-9(6-4-8)7-14-17-12(19)10(15-16-17)11(18)13-2/h3-7,16H,1-2H3,(H,13,18)/p-1/b14-7+. The molecule has 0 saturated carbocycles. The van der Waals surface area contributed by atoms with Crippen molar-refractivity contribution in [1.29, 1.82) is 0 Å². The Morgan fingerprint density at radius 2 is 2.11 bits per heavy atom. The Hall–Kier alpha value is -2.70. The Morgan fingerprint density at radius 1 is 1.42 bits per heavy atom. The third-order valence-corrected chi connectivity index (χ3v) is 2.46. The molecule has 0 spiro atoms. The van der Waals surface area contributed by atoms with Crippen LogP contribution in [0, 0.1) is 6.92 Å². The number of nitrogens with zero attached hydrogens (tertiary/aromatic N) is 4. The number of aromatic nitrogens is 3. The minimum atomic E-state index is -0.675. The molecule has 7 heteroatoms. The Kier molecular flexibility index (Phi) is 3.56. The molecule has 0 fully saturated rings. The van der Waals surface area contributed by atoms with Crippen LogP contribution in [0.15, 0.2) is 39.2 Å². The van der Waals surface area contributed by atoms with Crippen molar-refractivity contribution in [2.24, 2.45) is 10.1 Å². The Morgan fingerprint density at radius 3 is 2.74 bits per heavy atom. The van der Waals surface area contributed by atoms with Gasteiger partial charge in [0.05, 0.1) is 6.21 Å². The molecule has 1 N–H and O–H groups in total. The number of aliphatic imine (C=N–C) groups is 1. The zero-order valence-corrected chi connectivity index (χ0v) is 10.5. The van der Waals surface area contributed by atoms with Crippen LogP contribution in [0.3, 0.4) is 0 Å². The van der Waals surface area contributed by atoms with E-state index in [0.717, 1.165) is 15.9 Å². The quantitative estimate of drug-likeness (QED) is 0.593. The molecular weight excluding hydrogens is 246 g/mol. The summed E-state index contributed by atoms with van der Waals surface area (Å²) >= 11 is 0. The average molecular weight is 258 g/mol. The molecule has 0 bridgehead atoms. The number of hydrogen-bond acceptors (Lipinski definition) is 5. The van der Waals surface area contributed by atoms with Gasteiger partial charge in [0.15, 0.2) is 5.69 Å². The number of benzene rings is 1. The summed E-state index contributed by atoms with van der Waals surface area (Å²) in [6.07, 6.45) is 1.50. The highest BCUT2D eigenvalue weighted by atomic mass is 16.3. The number of aryl methyl sites for hydroxylation is 1. The number of rotatable bonds is 3. The van der Waals surface area contributed by atoms with Gasteiger partial charge < -0.3 is 10.1 Å². The summed E-state index contributed by atoms with van der Waals surface area (Å²) in [5.41, 5.74) is 1.07. The van der Waals surface area contributed by atoms with E-state index in [0.29, 0.717) is 0 Å². The van der Waals surface area contributed by atoms with Gasteiger partial charge in [-0.05, 0) is 12.5 Å². The van der Waals surface area contributed by atoms with Crippen LogP contribution in [-0.4, -0.2) is 34.3 Å². The smallest absolute Gasteiger partial charge is 0.316 e. The van der Waals surface area contributed by atoms with Crippen molar-refractivity contribution in [3.63, 3.8) is 0 Å². The second-order valence-electron chi connectivity index (χ2n) is 3.86. The van der Waals surface area contributed by atoms with Crippen LogP contribution in [0.2, 0.25) is 0 Å². The molecule has 0 aliphatic rings. The van der Waals surface area contributed by atoms with Crippen LogP contribution in [-0.2, 0) is 0 Å². The van der Waals surface area contributed by atoms with Gasteiger partial charge in [0.2, 0.25) is 0 Å². The molecule has 2 aromatic rings. The second kappa shape index (κ2) is 5.30. The van der Waals surface area contributed by atoms with Gasteiger partial charge >= 0.3 is 5.56 Å². The summed E-state index contributed by atoms with van der Waals surface area (Å²) in [5, 5.41) is 21.1. The van der Waals surface area contributed by atoms with Gasteiger partial charge in [-0.15, -0.1) is 4.79 Å². The Bertz CT molecular complexity index is 679. The number of hydrogen-bond donors (Lipinski definition) is 1. The largest absolute Gasteiger partial charge is 0.857 e. The zero-order chi connectivity index (χ0) is 13.8. The predicted octanol–water partition coefficient (Wildman–Crippen LogP) is -0.501. The number of nitrogens with one attached hydrogen (secondary N) is 1. The zero-order valence-electron chi connectivity index (χ0n) is 10.5. The molecule has 19 heavy (non-hydrogen) atoms. The van der Waals surface area contributed by atoms with Gasteiger partial charge in [0.1, 0.15) is 0 Å². The van der Waals surface area contributed by atoms with Crippen LogP contribution < -0.4 is 10.7 Å². The molecule has 98 valence electrons. The van der Waals surface area contributed by atoms with Crippen molar-refractivity contribution in [3.05, 3.63) is 51.4 Å². The fourth-order valence-electron chi connectivity index (χ4n) is 1.39. The minimum Gasteiger partial charge on any atom is -0.857 e. The summed E-state index contributed by atoms with van der Waals surface area (Å²) in [5.74, 6) is -0.675. The van der Waals surface area contributed by atoms with Gasteiger partial charge in [-0.3, -0.25) is 4.79 Å². The van der Waals surface area contributed by atoms with Gasteiger partial charge in [-0.1, -0.05) is 29.8 Å². The van der Waals surface area contributed by atoms with Crippen LogP contribution in [0.25, 0.3) is 0 Å². The topological polar surface area (TPSA) is 98.5 Å². The minimum absolute atomic E-state index is 0.274. The normalized spacial score (nSPS) is 12.2. The van der Waals surface area contributed by atoms with Crippen molar-refractivity contribution in [2.75, 3.05) is 7.05 Å². The monoisotopic (exact) mass is 258 g/mol. The predicted molar refractivity (Wildman–Crippen MR) is 69.5 cm³/mol. The lowest BCUT2D eigenvalue weighted by Gasteiger charge is -2.01. The molecule has 7 nitrogen and oxygen atoms in total. The Labute approximate surface area is 108 Å².